The van der Waals surface area contributed by atoms with Crippen LogP contribution in [0.5, 0.6) is 5.75 Å². The molecule has 0 heterocycles. The Morgan fingerprint density at radius 2 is 2.00 bits per heavy atom. The first-order valence-corrected chi connectivity index (χ1v) is 7.20. The summed E-state index contributed by atoms with van der Waals surface area (Å²) in [5.74, 6) is 0.117. The van der Waals surface area contributed by atoms with Crippen molar-refractivity contribution >= 4 is 5.91 Å². The highest BCUT2D eigenvalue weighted by molar-refractivity contribution is 5.78. The highest BCUT2D eigenvalue weighted by Gasteiger charge is 2.25. The van der Waals surface area contributed by atoms with E-state index >= 15 is 0 Å². The quantitative estimate of drug-likeness (QED) is 0.683. The number of hydrogen-bond donors (Lipinski definition) is 3. The van der Waals surface area contributed by atoms with Crippen molar-refractivity contribution in [1.29, 1.82) is 0 Å². The van der Waals surface area contributed by atoms with E-state index in [9.17, 15) is 9.90 Å². The predicted molar refractivity (Wildman–Crippen MR) is 79.5 cm³/mol. The van der Waals surface area contributed by atoms with Crippen molar-refractivity contribution in [2.24, 2.45) is 5.41 Å². The molecule has 0 aliphatic rings. The summed E-state index contributed by atoms with van der Waals surface area (Å²) in [4.78, 5) is 12.0. The van der Waals surface area contributed by atoms with Crippen LogP contribution in [0.3, 0.4) is 0 Å². The lowest BCUT2D eigenvalue weighted by Gasteiger charge is -2.31. The van der Waals surface area contributed by atoms with Crippen molar-refractivity contribution in [3.8, 4) is 5.75 Å². The first-order valence-electron chi connectivity index (χ1n) is 7.20. The first kappa shape index (κ1) is 16.5. The molecular formula is C16H25NO3. The normalized spacial score (nSPS) is 11.3. The Morgan fingerprint density at radius 3 is 2.55 bits per heavy atom. The third-order valence-corrected chi connectivity index (χ3v) is 4.08. The Labute approximate surface area is 120 Å². The van der Waals surface area contributed by atoms with E-state index < -0.39 is 0 Å². The molecule has 0 unspecified atom stereocenters. The number of phenolic OH excluding ortho intramolecular Hbond substituents is 1. The van der Waals surface area contributed by atoms with Gasteiger partial charge in [0.25, 0.3) is 0 Å². The van der Waals surface area contributed by atoms with Crippen LogP contribution in [0.1, 0.15) is 38.7 Å². The zero-order valence-electron chi connectivity index (χ0n) is 12.4. The average Bonchev–Trinajstić information content (AvgIpc) is 2.44. The predicted octanol–water partition coefficient (Wildman–Crippen LogP) is 2.24. The van der Waals surface area contributed by atoms with Crippen molar-refractivity contribution in [2.45, 2.75) is 39.5 Å². The van der Waals surface area contributed by atoms with Crippen LogP contribution in [0, 0.1) is 5.41 Å². The van der Waals surface area contributed by atoms with Crippen LogP contribution >= 0.6 is 0 Å². The van der Waals surface area contributed by atoms with Crippen LogP contribution in [-0.4, -0.2) is 29.3 Å². The number of aliphatic hydroxyl groups is 1. The molecular weight excluding hydrogens is 254 g/mol. The fourth-order valence-corrected chi connectivity index (χ4v) is 2.38. The Hall–Kier alpha value is -1.55. The molecule has 20 heavy (non-hydrogen) atoms. The second kappa shape index (κ2) is 7.90. The smallest absolute Gasteiger partial charge is 0.224 e. The summed E-state index contributed by atoms with van der Waals surface area (Å²) >= 11 is 0. The lowest BCUT2D eigenvalue weighted by molar-refractivity contribution is -0.121. The van der Waals surface area contributed by atoms with Gasteiger partial charge in [-0.15, -0.1) is 0 Å². The van der Waals surface area contributed by atoms with E-state index in [1.54, 1.807) is 18.2 Å². The molecule has 3 N–H and O–H groups in total. The van der Waals surface area contributed by atoms with Gasteiger partial charge in [-0.05, 0) is 42.4 Å². The molecule has 0 aliphatic carbocycles. The number of nitrogens with one attached hydrogen (secondary N) is 1. The monoisotopic (exact) mass is 279 g/mol. The number of amides is 1. The van der Waals surface area contributed by atoms with E-state index in [4.69, 9.17) is 5.11 Å². The van der Waals surface area contributed by atoms with E-state index in [1.165, 1.54) is 0 Å². The minimum absolute atomic E-state index is 0.0246. The molecule has 0 spiro atoms. The highest BCUT2D eigenvalue weighted by atomic mass is 16.3. The summed E-state index contributed by atoms with van der Waals surface area (Å²) in [5, 5.41) is 21.5. The van der Waals surface area contributed by atoms with Crippen molar-refractivity contribution in [1.82, 2.24) is 5.32 Å². The molecule has 1 amide bonds. The molecule has 0 saturated heterocycles. The number of carbonyl (C=O) groups excluding carboxylic acids is 1. The highest BCUT2D eigenvalue weighted by Crippen LogP contribution is 2.29. The summed E-state index contributed by atoms with van der Waals surface area (Å²) < 4.78 is 0. The van der Waals surface area contributed by atoms with Crippen LogP contribution in [0.4, 0.5) is 0 Å². The number of carbonyl (C=O) groups is 1. The van der Waals surface area contributed by atoms with Crippen molar-refractivity contribution in [3.05, 3.63) is 29.8 Å². The lowest BCUT2D eigenvalue weighted by atomic mass is 9.79. The van der Waals surface area contributed by atoms with E-state index in [2.05, 4.69) is 19.2 Å². The van der Waals surface area contributed by atoms with Gasteiger partial charge in [0.05, 0.1) is 6.42 Å². The molecule has 0 radical (unpaired) electrons. The number of benzene rings is 1. The van der Waals surface area contributed by atoms with Gasteiger partial charge in [-0.25, -0.2) is 0 Å². The second-order valence-electron chi connectivity index (χ2n) is 5.30. The van der Waals surface area contributed by atoms with Crippen LogP contribution < -0.4 is 5.32 Å². The maximum absolute atomic E-state index is 12.0. The van der Waals surface area contributed by atoms with Gasteiger partial charge in [-0.3, -0.25) is 4.79 Å². The van der Waals surface area contributed by atoms with Gasteiger partial charge in [-0.1, -0.05) is 26.0 Å². The van der Waals surface area contributed by atoms with E-state index in [1.807, 2.05) is 6.07 Å². The van der Waals surface area contributed by atoms with Crippen molar-refractivity contribution in [2.75, 3.05) is 13.2 Å². The third-order valence-electron chi connectivity index (χ3n) is 4.08. The summed E-state index contributed by atoms with van der Waals surface area (Å²) in [7, 11) is 0. The maximum Gasteiger partial charge on any atom is 0.224 e. The minimum Gasteiger partial charge on any atom is -0.508 e. The van der Waals surface area contributed by atoms with Crippen LogP contribution in [0.2, 0.25) is 0 Å². The average molecular weight is 279 g/mol. The van der Waals surface area contributed by atoms with Gasteiger partial charge in [0.1, 0.15) is 5.75 Å². The number of rotatable bonds is 8. The molecule has 0 aromatic heterocycles. The number of phenols is 1. The van der Waals surface area contributed by atoms with E-state index in [0.717, 1.165) is 18.4 Å². The molecule has 0 bridgehead atoms. The third kappa shape index (κ3) is 4.85. The van der Waals surface area contributed by atoms with Gasteiger partial charge in [-0.2, -0.15) is 0 Å². The Kier molecular flexibility index (Phi) is 6.52. The topological polar surface area (TPSA) is 69.6 Å². The summed E-state index contributed by atoms with van der Waals surface area (Å²) in [5.41, 5.74) is 0.770. The van der Waals surface area contributed by atoms with Gasteiger partial charge in [0.15, 0.2) is 0 Å². The number of hydrogen-bond acceptors (Lipinski definition) is 3. The summed E-state index contributed by atoms with van der Waals surface area (Å²) in [6.07, 6.45) is 2.82. The number of aliphatic hydroxyl groups excluding tert-OH is 1. The van der Waals surface area contributed by atoms with Gasteiger partial charge >= 0.3 is 0 Å². The molecule has 0 fully saturated rings. The summed E-state index contributed by atoms with van der Waals surface area (Å²) in [6, 6.07) is 6.73. The van der Waals surface area contributed by atoms with E-state index in [0.29, 0.717) is 13.0 Å². The van der Waals surface area contributed by atoms with Crippen molar-refractivity contribution in [3.63, 3.8) is 0 Å². The van der Waals surface area contributed by atoms with Crippen LogP contribution in [0.25, 0.3) is 0 Å². The zero-order chi connectivity index (χ0) is 15.0. The Bertz CT molecular complexity index is 427. The molecule has 4 nitrogen and oxygen atoms in total. The van der Waals surface area contributed by atoms with Gasteiger partial charge < -0.3 is 15.5 Å². The molecule has 0 aliphatic heterocycles. The maximum atomic E-state index is 12.0. The second-order valence-corrected chi connectivity index (χ2v) is 5.30. The molecule has 112 valence electrons. The van der Waals surface area contributed by atoms with Crippen molar-refractivity contribution < 1.29 is 15.0 Å². The van der Waals surface area contributed by atoms with Gasteiger partial charge in [0.2, 0.25) is 5.91 Å². The summed E-state index contributed by atoms with van der Waals surface area (Å²) in [6.45, 7) is 4.89. The zero-order valence-corrected chi connectivity index (χ0v) is 12.4. The minimum atomic E-state index is -0.0557. The molecule has 0 atom stereocenters. The molecule has 4 heteroatoms. The largest absolute Gasteiger partial charge is 0.508 e. The molecule has 1 aromatic carbocycles. The fraction of sp³-hybridized carbons (Fsp3) is 0.562. The molecule has 1 rings (SSSR count). The Balaban J connectivity index is 2.53. The van der Waals surface area contributed by atoms with Crippen LogP contribution in [-0.2, 0) is 11.2 Å². The fourth-order valence-electron chi connectivity index (χ4n) is 2.38. The van der Waals surface area contributed by atoms with E-state index in [-0.39, 0.29) is 30.1 Å². The SMILES string of the molecule is CCC(CC)(CCO)CNC(=O)Cc1cccc(O)c1. The molecule has 0 saturated carbocycles. The molecule has 1 aromatic rings. The van der Waals surface area contributed by atoms with Gasteiger partial charge in [0, 0.05) is 13.2 Å². The first-order chi connectivity index (χ1) is 9.55. The lowest BCUT2D eigenvalue weighted by Crippen LogP contribution is -2.38. The Morgan fingerprint density at radius 1 is 1.30 bits per heavy atom. The standard InChI is InChI=1S/C16H25NO3/c1-3-16(4-2,8-9-18)12-17-15(20)11-13-6-5-7-14(19)10-13/h5-7,10,18-19H,3-4,8-9,11-12H2,1-2H3,(H,17,20). The number of aromatic hydroxyl groups is 1. The van der Waals surface area contributed by atoms with Crippen LogP contribution in [0.15, 0.2) is 24.3 Å².